The van der Waals surface area contributed by atoms with Crippen molar-refractivity contribution in [3.8, 4) is 6.07 Å². The van der Waals surface area contributed by atoms with E-state index in [0.717, 1.165) is 35.9 Å². The average molecular weight is 404 g/mol. The predicted octanol–water partition coefficient (Wildman–Crippen LogP) is 4.94. The maximum atomic E-state index is 12.4. The number of fused-ring (bicyclic) bond motifs is 1. The molecule has 1 aliphatic carbocycles. The minimum Gasteiger partial charge on any atom is -0.322 e. The van der Waals surface area contributed by atoms with Crippen molar-refractivity contribution < 1.29 is 9.59 Å². The Labute approximate surface area is 172 Å². The molecule has 1 aliphatic rings. The molecule has 2 amide bonds. The quantitative estimate of drug-likeness (QED) is 0.644. The largest absolute Gasteiger partial charge is 0.322 e. The normalized spacial score (nSPS) is 14.3. The van der Waals surface area contributed by atoms with Gasteiger partial charge in [-0.1, -0.05) is 30.6 Å². The highest BCUT2D eigenvalue weighted by Crippen LogP contribution is 2.30. The van der Waals surface area contributed by atoms with Crippen LogP contribution in [0.1, 0.15) is 48.0 Å². The van der Waals surface area contributed by atoms with Gasteiger partial charge in [0.05, 0.1) is 21.8 Å². The fraction of sp³-hybridized carbons (Fsp3) is 0.273. The van der Waals surface area contributed by atoms with E-state index < -0.39 is 0 Å². The van der Waals surface area contributed by atoms with Crippen LogP contribution in [-0.2, 0) is 4.79 Å². The molecule has 7 heteroatoms. The Morgan fingerprint density at radius 2 is 1.79 bits per heavy atom. The summed E-state index contributed by atoms with van der Waals surface area (Å²) in [6.07, 6.45) is 5.33. The first-order valence-corrected chi connectivity index (χ1v) is 10.5. The molecule has 0 radical (unpaired) electrons. The zero-order valence-corrected chi connectivity index (χ0v) is 16.6. The van der Waals surface area contributed by atoms with Gasteiger partial charge in [-0.05, 0) is 55.3 Å². The Kier molecular flexibility index (Phi) is 5.54. The molecule has 0 unspecified atom stereocenters. The van der Waals surface area contributed by atoms with E-state index in [1.165, 1.54) is 17.8 Å². The van der Waals surface area contributed by atoms with Crippen LogP contribution in [0.15, 0.2) is 42.5 Å². The number of carbonyl (C=O) groups excluding carboxylic acids is 2. The molecular weight excluding hydrogens is 384 g/mol. The number of hydrogen-bond donors (Lipinski definition) is 2. The molecule has 1 aromatic heterocycles. The van der Waals surface area contributed by atoms with Gasteiger partial charge in [-0.3, -0.25) is 9.59 Å². The van der Waals surface area contributed by atoms with Gasteiger partial charge < -0.3 is 10.6 Å². The highest BCUT2D eigenvalue weighted by Gasteiger charge is 2.22. The van der Waals surface area contributed by atoms with E-state index in [-0.39, 0.29) is 17.7 Å². The topological polar surface area (TPSA) is 94.9 Å². The lowest BCUT2D eigenvalue weighted by Gasteiger charge is -2.19. The second kappa shape index (κ2) is 8.41. The van der Waals surface area contributed by atoms with E-state index in [9.17, 15) is 9.59 Å². The molecule has 0 spiro atoms. The van der Waals surface area contributed by atoms with Crippen molar-refractivity contribution >= 4 is 44.2 Å². The summed E-state index contributed by atoms with van der Waals surface area (Å²) >= 11 is 1.43. The third-order valence-electron chi connectivity index (χ3n) is 5.13. The third kappa shape index (κ3) is 4.44. The molecule has 3 aromatic rings. The van der Waals surface area contributed by atoms with Crippen LogP contribution >= 0.6 is 11.3 Å². The minimum atomic E-state index is -0.255. The van der Waals surface area contributed by atoms with Crippen LogP contribution in [0.25, 0.3) is 10.2 Å². The summed E-state index contributed by atoms with van der Waals surface area (Å²) in [6, 6.07) is 14.0. The van der Waals surface area contributed by atoms with E-state index in [0.29, 0.717) is 21.9 Å². The molecule has 0 saturated heterocycles. The minimum absolute atomic E-state index is 0.0538. The van der Waals surface area contributed by atoms with Crippen LogP contribution < -0.4 is 10.6 Å². The summed E-state index contributed by atoms with van der Waals surface area (Å²) in [4.78, 5) is 29.4. The Balaban J connectivity index is 1.45. The number of hydrogen-bond acceptors (Lipinski definition) is 5. The van der Waals surface area contributed by atoms with E-state index >= 15 is 0 Å². The summed E-state index contributed by atoms with van der Waals surface area (Å²) < 4.78 is 0.945. The van der Waals surface area contributed by atoms with Gasteiger partial charge in [-0.2, -0.15) is 5.26 Å². The van der Waals surface area contributed by atoms with Crippen molar-refractivity contribution in [3.05, 3.63) is 53.6 Å². The first kappa shape index (κ1) is 19.1. The number of aromatic nitrogens is 1. The second-order valence-electron chi connectivity index (χ2n) is 7.17. The van der Waals surface area contributed by atoms with Gasteiger partial charge in [0.1, 0.15) is 0 Å². The van der Waals surface area contributed by atoms with Gasteiger partial charge in [-0.25, -0.2) is 4.98 Å². The van der Waals surface area contributed by atoms with Crippen LogP contribution in [0, 0.1) is 17.2 Å². The molecule has 0 atom stereocenters. The molecule has 146 valence electrons. The van der Waals surface area contributed by atoms with E-state index in [1.54, 1.807) is 30.3 Å². The number of thiazole rings is 1. The molecule has 0 aliphatic heterocycles. The summed E-state index contributed by atoms with van der Waals surface area (Å²) in [6.45, 7) is 0. The van der Waals surface area contributed by atoms with Gasteiger partial charge in [0.25, 0.3) is 5.91 Å². The van der Waals surface area contributed by atoms with E-state index in [1.807, 2.05) is 18.2 Å². The summed E-state index contributed by atoms with van der Waals surface area (Å²) in [5.41, 5.74) is 2.34. The lowest BCUT2D eigenvalue weighted by Crippen LogP contribution is -2.24. The number of nitrogens with zero attached hydrogens (tertiary/aromatic N) is 2. The predicted molar refractivity (Wildman–Crippen MR) is 114 cm³/mol. The van der Waals surface area contributed by atoms with E-state index in [4.69, 9.17) is 5.26 Å². The molecule has 6 nitrogen and oxygen atoms in total. The van der Waals surface area contributed by atoms with Crippen LogP contribution in [0.5, 0.6) is 0 Å². The first-order chi connectivity index (χ1) is 14.1. The summed E-state index contributed by atoms with van der Waals surface area (Å²) in [7, 11) is 0. The number of anilines is 2. The molecule has 1 saturated carbocycles. The number of nitrogens with one attached hydrogen (secondary N) is 2. The molecule has 2 N–H and O–H groups in total. The number of benzene rings is 2. The van der Waals surface area contributed by atoms with Gasteiger partial charge in [0.15, 0.2) is 5.13 Å². The van der Waals surface area contributed by atoms with Crippen molar-refractivity contribution in [3.63, 3.8) is 0 Å². The van der Waals surface area contributed by atoms with Crippen LogP contribution in [0.3, 0.4) is 0 Å². The lowest BCUT2D eigenvalue weighted by molar-refractivity contribution is -0.120. The van der Waals surface area contributed by atoms with Crippen molar-refractivity contribution in [2.45, 2.75) is 32.1 Å². The van der Waals surface area contributed by atoms with Crippen molar-refractivity contribution in [2.75, 3.05) is 10.6 Å². The first-order valence-electron chi connectivity index (χ1n) is 9.65. The third-order valence-corrected chi connectivity index (χ3v) is 6.08. The SMILES string of the molecule is N#Cc1ccc(C(=O)Nc2ccc3sc(NC(=O)C4CCCCC4)nc3c2)cc1. The standard InChI is InChI=1S/C22H20N4O2S/c23-13-14-6-8-16(9-7-14)20(27)24-17-10-11-19-18(12-17)25-22(29-19)26-21(28)15-4-2-1-3-5-15/h6-12,15H,1-5H2,(H,24,27)(H,25,26,28). The molecule has 29 heavy (non-hydrogen) atoms. The van der Waals surface area contributed by atoms with Crippen molar-refractivity contribution in [2.24, 2.45) is 5.92 Å². The number of carbonyl (C=O) groups is 2. The number of amides is 2. The number of nitriles is 1. The summed E-state index contributed by atoms with van der Waals surface area (Å²) in [5.74, 6) is -0.119. The zero-order chi connectivity index (χ0) is 20.2. The van der Waals surface area contributed by atoms with E-state index in [2.05, 4.69) is 15.6 Å². The molecule has 2 aromatic carbocycles. The monoisotopic (exact) mass is 404 g/mol. The Hall–Kier alpha value is -3.24. The van der Waals surface area contributed by atoms with Gasteiger partial charge >= 0.3 is 0 Å². The van der Waals surface area contributed by atoms with Gasteiger partial charge in [0, 0.05) is 17.2 Å². The molecule has 1 heterocycles. The maximum Gasteiger partial charge on any atom is 0.255 e. The van der Waals surface area contributed by atoms with Crippen LogP contribution in [0.2, 0.25) is 0 Å². The Bertz CT molecular complexity index is 1090. The fourth-order valence-electron chi connectivity index (χ4n) is 3.53. The molecule has 0 bridgehead atoms. The van der Waals surface area contributed by atoms with Gasteiger partial charge in [0.2, 0.25) is 5.91 Å². The Morgan fingerprint density at radius 3 is 2.52 bits per heavy atom. The Morgan fingerprint density at radius 1 is 1.03 bits per heavy atom. The average Bonchev–Trinajstić information content (AvgIpc) is 3.15. The van der Waals surface area contributed by atoms with Crippen LogP contribution in [-0.4, -0.2) is 16.8 Å². The molecule has 1 fully saturated rings. The summed E-state index contributed by atoms with van der Waals surface area (Å²) in [5, 5.41) is 15.2. The fourth-order valence-corrected chi connectivity index (χ4v) is 4.38. The lowest BCUT2D eigenvalue weighted by atomic mass is 9.89. The molecule has 4 rings (SSSR count). The highest BCUT2D eigenvalue weighted by molar-refractivity contribution is 7.22. The number of rotatable bonds is 4. The highest BCUT2D eigenvalue weighted by atomic mass is 32.1. The van der Waals surface area contributed by atoms with Crippen LogP contribution in [0.4, 0.5) is 10.8 Å². The maximum absolute atomic E-state index is 12.4. The van der Waals surface area contributed by atoms with Gasteiger partial charge in [-0.15, -0.1) is 0 Å². The van der Waals surface area contributed by atoms with Crippen molar-refractivity contribution in [1.82, 2.24) is 4.98 Å². The smallest absolute Gasteiger partial charge is 0.255 e. The second-order valence-corrected chi connectivity index (χ2v) is 8.20. The molecular formula is C22H20N4O2S. The zero-order valence-electron chi connectivity index (χ0n) is 15.8. The van der Waals surface area contributed by atoms with Crippen molar-refractivity contribution in [1.29, 1.82) is 5.26 Å².